The summed E-state index contributed by atoms with van der Waals surface area (Å²) in [4.78, 5) is 13.9. The lowest BCUT2D eigenvalue weighted by atomic mass is 10.1. The van der Waals surface area contributed by atoms with Crippen molar-refractivity contribution in [3.05, 3.63) is 35.9 Å². The SMILES string of the molecule is O=C(NC[C@@H]1C[C@@H]1c1ccccc1)N(CCO)C1CC1. The first kappa shape index (κ1) is 13.4. The Kier molecular flexibility index (Phi) is 3.92. The van der Waals surface area contributed by atoms with Gasteiger partial charge in [-0.15, -0.1) is 0 Å². The summed E-state index contributed by atoms with van der Waals surface area (Å²) in [6.07, 6.45) is 3.31. The second-order valence-electron chi connectivity index (χ2n) is 5.85. The van der Waals surface area contributed by atoms with Gasteiger partial charge in [-0.3, -0.25) is 0 Å². The number of carbonyl (C=O) groups is 1. The van der Waals surface area contributed by atoms with Crippen molar-refractivity contribution in [2.24, 2.45) is 5.92 Å². The van der Waals surface area contributed by atoms with E-state index >= 15 is 0 Å². The van der Waals surface area contributed by atoms with Crippen LogP contribution in [0.3, 0.4) is 0 Å². The van der Waals surface area contributed by atoms with Crippen molar-refractivity contribution in [3.8, 4) is 0 Å². The van der Waals surface area contributed by atoms with Gasteiger partial charge < -0.3 is 15.3 Å². The number of aliphatic hydroxyl groups excluding tert-OH is 1. The number of carbonyl (C=O) groups excluding carboxylic acids is 1. The van der Waals surface area contributed by atoms with Crippen LogP contribution in [0.2, 0.25) is 0 Å². The van der Waals surface area contributed by atoms with E-state index in [1.165, 1.54) is 5.56 Å². The first-order chi connectivity index (χ1) is 9.79. The summed E-state index contributed by atoms with van der Waals surface area (Å²) < 4.78 is 0. The van der Waals surface area contributed by atoms with Crippen LogP contribution >= 0.6 is 0 Å². The lowest BCUT2D eigenvalue weighted by molar-refractivity contribution is 0.173. The molecule has 2 aliphatic carbocycles. The Morgan fingerprint density at radius 2 is 2.05 bits per heavy atom. The van der Waals surface area contributed by atoms with Gasteiger partial charge in [0.25, 0.3) is 0 Å². The minimum absolute atomic E-state index is 0.0136. The smallest absolute Gasteiger partial charge is 0.317 e. The largest absolute Gasteiger partial charge is 0.395 e. The number of urea groups is 1. The normalized spacial score (nSPS) is 24.2. The van der Waals surface area contributed by atoms with E-state index < -0.39 is 0 Å². The number of benzene rings is 1. The molecule has 20 heavy (non-hydrogen) atoms. The third-order valence-corrected chi connectivity index (χ3v) is 4.26. The molecular formula is C16H22N2O2. The van der Waals surface area contributed by atoms with Gasteiger partial charge in [-0.05, 0) is 36.7 Å². The summed E-state index contributed by atoms with van der Waals surface area (Å²) in [6, 6.07) is 10.8. The van der Waals surface area contributed by atoms with Crippen molar-refractivity contribution in [3.63, 3.8) is 0 Å². The van der Waals surface area contributed by atoms with Crippen LogP contribution in [0.25, 0.3) is 0 Å². The third kappa shape index (κ3) is 3.12. The molecule has 0 heterocycles. The summed E-state index contributed by atoms with van der Waals surface area (Å²) in [5, 5.41) is 12.0. The number of aliphatic hydroxyl groups is 1. The summed E-state index contributed by atoms with van der Waals surface area (Å²) in [6.45, 7) is 1.23. The monoisotopic (exact) mass is 274 g/mol. The standard InChI is InChI=1S/C16H22N2O2/c19-9-8-18(14-6-7-14)16(20)17-11-13-10-15(13)12-4-2-1-3-5-12/h1-5,13-15,19H,6-11H2,(H,17,20)/t13-,15+/m0/s1. The Morgan fingerprint density at radius 3 is 2.70 bits per heavy atom. The molecule has 1 aromatic rings. The van der Waals surface area contributed by atoms with Crippen LogP contribution in [0.15, 0.2) is 30.3 Å². The Balaban J connectivity index is 1.45. The highest BCUT2D eigenvalue weighted by molar-refractivity contribution is 5.75. The van der Waals surface area contributed by atoms with E-state index in [-0.39, 0.29) is 12.6 Å². The molecule has 0 bridgehead atoms. The molecule has 0 spiro atoms. The van der Waals surface area contributed by atoms with Gasteiger partial charge in [-0.1, -0.05) is 30.3 Å². The van der Waals surface area contributed by atoms with Gasteiger partial charge in [-0.2, -0.15) is 0 Å². The zero-order valence-electron chi connectivity index (χ0n) is 11.7. The lowest BCUT2D eigenvalue weighted by Crippen LogP contribution is -2.43. The van der Waals surface area contributed by atoms with E-state index in [4.69, 9.17) is 5.11 Å². The van der Waals surface area contributed by atoms with Crippen molar-refractivity contribution >= 4 is 6.03 Å². The van der Waals surface area contributed by atoms with Crippen molar-refractivity contribution in [1.29, 1.82) is 0 Å². The minimum Gasteiger partial charge on any atom is -0.395 e. The second kappa shape index (κ2) is 5.83. The number of hydrogen-bond donors (Lipinski definition) is 2. The number of amides is 2. The highest BCUT2D eigenvalue weighted by Gasteiger charge is 2.39. The maximum Gasteiger partial charge on any atom is 0.317 e. The molecule has 0 radical (unpaired) electrons. The fraction of sp³-hybridized carbons (Fsp3) is 0.562. The van der Waals surface area contributed by atoms with Crippen LogP contribution in [0.5, 0.6) is 0 Å². The van der Waals surface area contributed by atoms with Crippen LogP contribution < -0.4 is 5.32 Å². The van der Waals surface area contributed by atoms with Crippen molar-refractivity contribution in [2.75, 3.05) is 19.7 Å². The van der Waals surface area contributed by atoms with E-state index in [1.807, 2.05) is 6.07 Å². The first-order valence-electron chi connectivity index (χ1n) is 7.50. The highest BCUT2D eigenvalue weighted by atomic mass is 16.3. The van der Waals surface area contributed by atoms with Crippen LogP contribution in [-0.2, 0) is 0 Å². The maximum absolute atomic E-state index is 12.1. The van der Waals surface area contributed by atoms with Crippen molar-refractivity contribution in [2.45, 2.75) is 31.2 Å². The molecule has 2 N–H and O–H groups in total. The predicted octanol–water partition coefficient (Wildman–Crippen LogP) is 1.96. The highest BCUT2D eigenvalue weighted by Crippen LogP contribution is 2.46. The van der Waals surface area contributed by atoms with Gasteiger partial charge in [0, 0.05) is 19.1 Å². The molecule has 2 atom stereocenters. The molecule has 3 rings (SSSR count). The molecule has 2 fully saturated rings. The fourth-order valence-corrected chi connectivity index (χ4v) is 2.85. The molecule has 0 saturated heterocycles. The molecule has 108 valence electrons. The summed E-state index contributed by atoms with van der Waals surface area (Å²) >= 11 is 0. The molecule has 2 aliphatic rings. The molecule has 2 amide bonds. The fourth-order valence-electron chi connectivity index (χ4n) is 2.85. The van der Waals surface area contributed by atoms with Crippen LogP contribution in [0.1, 0.15) is 30.7 Å². The molecule has 4 heteroatoms. The van der Waals surface area contributed by atoms with Crippen LogP contribution in [-0.4, -0.2) is 41.8 Å². The number of hydrogen-bond acceptors (Lipinski definition) is 2. The minimum atomic E-state index is -0.0136. The topological polar surface area (TPSA) is 52.6 Å². The lowest BCUT2D eigenvalue weighted by Gasteiger charge is -2.21. The van der Waals surface area contributed by atoms with Crippen LogP contribution in [0, 0.1) is 5.92 Å². The quantitative estimate of drug-likeness (QED) is 0.833. The summed E-state index contributed by atoms with van der Waals surface area (Å²) in [5.74, 6) is 1.17. The Labute approximate surface area is 119 Å². The Morgan fingerprint density at radius 1 is 1.30 bits per heavy atom. The average Bonchev–Trinajstić information content (AvgIpc) is 3.37. The molecule has 0 unspecified atom stereocenters. The second-order valence-corrected chi connectivity index (χ2v) is 5.85. The maximum atomic E-state index is 12.1. The number of nitrogens with zero attached hydrogens (tertiary/aromatic N) is 1. The van der Waals surface area contributed by atoms with Gasteiger partial charge in [0.2, 0.25) is 0 Å². The van der Waals surface area contributed by atoms with Crippen LogP contribution in [0.4, 0.5) is 4.79 Å². The first-order valence-corrected chi connectivity index (χ1v) is 7.50. The Bertz CT molecular complexity index is 459. The van der Waals surface area contributed by atoms with Gasteiger partial charge in [-0.25, -0.2) is 4.79 Å². The molecule has 4 nitrogen and oxygen atoms in total. The van der Waals surface area contributed by atoms with E-state index in [1.54, 1.807) is 4.90 Å². The van der Waals surface area contributed by atoms with E-state index in [0.29, 0.717) is 24.4 Å². The molecule has 0 aromatic heterocycles. The van der Waals surface area contributed by atoms with Crippen molar-refractivity contribution < 1.29 is 9.90 Å². The third-order valence-electron chi connectivity index (χ3n) is 4.26. The Hall–Kier alpha value is -1.55. The average molecular weight is 274 g/mol. The van der Waals surface area contributed by atoms with Gasteiger partial charge in [0.05, 0.1) is 6.61 Å². The van der Waals surface area contributed by atoms with E-state index in [9.17, 15) is 4.79 Å². The zero-order chi connectivity index (χ0) is 13.9. The molecule has 1 aromatic carbocycles. The molecule has 2 saturated carbocycles. The number of rotatable bonds is 6. The molecule has 0 aliphatic heterocycles. The predicted molar refractivity (Wildman–Crippen MR) is 77.5 cm³/mol. The summed E-state index contributed by atoms with van der Waals surface area (Å²) in [7, 11) is 0. The van der Waals surface area contributed by atoms with E-state index in [2.05, 4.69) is 29.6 Å². The number of nitrogens with one attached hydrogen (secondary N) is 1. The summed E-state index contributed by atoms with van der Waals surface area (Å²) in [5.41, 5.74) is 1.38. The van der Waals surface area contributed by atoms with Gasteiger partial charge >= 0.3 is 6.03 Å². The molecular weight excluding hydrogens is 252 g/mol. The zero-order valence-corrected chi connectivity index (χ0v) is 11.7. The van der Waals surface area contributed by atoms with Gasteiger partial charge in [0.15, 0.2) is 0 Å². The van der Waals surface area contributed by atoms with Gasteiger partial charge in [0.1, 0.15) is 0 Å². The van der Waals surface area contributed by atoms with Crippen molar-refractivity contribution in [1.82, 2.24) is 10.2 Å². The van der Waals surface area contributed by atoms with E-state index in [0.717, 1.165) is 25.8 Å².